The molecule has 0 saturated carbocycles. The van der Waals surface area contributed by atoms with Crippen molar-refractivity contribution in [3.8, 4) is 11.4 Å². The molecule has 0 aliphatic heterocycles. The quantitative estimate of drug-likeness (QED) is 0.385. The number of hydrogen-bond acceptors (Lipinski definition) is 5. The predicted octanol–water partition coefficient (Wildman–Crippen LogP) is 3.70. The molecule has 0 bridgehead atoms. The third-order valence-corrected chi connectivity index (χ3v) is 5.16. The molecule has 0 radical (unpaired) electrons. The minimum Gasteiger partial charge on any atom is -0.497 e. The minimum absolute atomic E-state index is 0.0117. The lowest BCUT2D eigenvalue weighted by Crippen LogP contribution is -2.27. The van der Waals surface area contributed by atoms with Gasteiger partial charge < -0.3 is 14.8 Å². The zero-order valence-electron chi connectivity index (χ0n) is 16.4. The van der Waals surface area contributed by atoms with Crippen LogP contribution in [0.2, 0.25) is 0 Å². The molecule has 1 aromatic heterocycles. The van der Waals surface area contributed by atoms with E-state index in [1.807, 2.05) is 65.4 Å². The topological polar surface area (TPSA) is 65.4 Å². The molecule has 1 amide bonds. The van der Waals surface area contributed by atoms with E-state index >= 15 is 0 Å². The van der Waals surface area contributed by atoms with Gasteiger partial charge in [0, 0.05) is 31.2 Å². The molecule has 152 valence electrons. The van der Waals surface area contributed by atoms with Gasteiger partial charge in [-0.25, -0.2) is 4.98 Å². The second kappa shape index (κ2) is 11.3. The molecule has 0 spiro atoms. The van der Waals surface area contributed by atoms with Crippen molar-refractivity contribution in [1.29, 1.82) is 0 Å². The number of benzene rings is 2. The van der Waals surface area contributed by atoms with E-state index in [4.69, 9.17) is 9.47 Å². The normalized spacial score (nSPS) is 10.7. The lowest BCUT2D eigenvalue weighted by Gasteiger charge is -2.09. The molecular formula is C22H25N3O3S. The first-order valence-electron chi connectivity index (χ1n) is 9.45. The maximum absolute atomic E-state index is 12.1. The van der Waals surface area contributed by atoms with Gasteiger partial charge in [-0.3, -0.25) is 9.36 Å². The van der Waals surface area contributed by atoms with Gasteiger partial charge in [0.05, 0.1) is 19.5 Å². The van der Waals surface area contributed by atoms with Crippen molar-refractivity contribution in [1.82, 2.24) is 14.9 Å². The molecule has 0 aliphatic rings. The number of nitrogens with one attached hydrogen (secondary N) is 1. The van der Waals surface area contributed by atoms with Crippen molar-refractivity contribution < 1.29 is 14.3 Å². The van der Waals surface area contributed by atoms with E-state index < -0.39 is 0 Å². The van der Waals surface area contributed by atoms with Crippen LogP contribution < -0.4 is 10.1 Å². The number of ether oxygens (including phenoxy) is 2. The number of carbonyl (C=O) groups is 1. The second-order valence-corrected chi connectivity index (χ2v) is 7.25. The summed E-state index contributed by atoms with van der Waals surface area (Å²) in [7, 11) is 1.64. The highest BCUT2D eigenvalue weighted by atomic mass is 32.2. The van der Waals surface area contributed by atoms with Gasteiger partial charge in [-0.1, -0.05) is 42.1 Å². The first-order valence-corrected chi connectivity index (χ1v) is 10.4. The largest absolute Gasteiger partial charge is 0.497 e. The summed E-state index contributed by atoms with van der Waals surface area (Å²) in [4.78, 5) is 16.4. The average Bonchev–Trinajstić information content (AvgIpc) is 3.24. The first-order chi connectivity index (χ1) is 14.3. The highest BCUT2D eigenvalue weighted by Crippen LogP contribution is 2.22. The fraction of sp³-hybridized carbons (Fsp3) is 0.273. The highest BCUT2D eigenvalue weighted by Gasteiger charge is 2.09. The van der Waals surface area contributed by atoms with E-state index in [0.29, 0.717) is 25.5 Å². The smallest absolute Gasteiger partial charge is 0.230 e. The van der Waals surface area contributed by atoms with Crippen LogP contribution in [-0.4, -0.2) is 41.5 Å². The average molecular weight is 412 g/mol. The van der Waals surface area contributed by atoms with E-state index in [-0.39, 0.29) is 5.91 Å². The summed E-state index contributed by atoms with van der Waals surface area (Å²) in [6, 6.07) is 17.8. The molecule has 0 atom stereocenters. The van der Waals surface area contributed by atoms with Gasteiger partial charge in [-0.05, 0) is 36.2 Å². The number of hydrogen-bond donors (Lipinski definition) is 1. The number of nitrogens with zero attached hydrogens (tertiary/aromatic N) is 2. The Morgan fingerprint density at radius 3 is 2.69 bits per heavy atom. The Bertz CT molecular complexity index is 882. The van der Waals surface area contributed by atoms with Gasteiger partial charge >= 0.3 is 0 Å². The monoisotopic (exact) mass is 411 g/mol. The molecule has 0 aliphatic carbocycles. The molecule has 29 heavy (non-hydrogen) atoms. The number of aromatic nitrogens is 2. The van der Waals surface area contributed by atoms with Crippen LogP contribution >= 0.6 is 11.8 Å². The van der Waals surface area contributed by atoms with Crippen LogP contribution in [0.25, 0.3) is 5.69 Å². The van der Waals surface area contributed by atoms with Gasteiger partial charge in [-0.2, -0.15) is 0 Å². The van der Waals surface area contributed by atoms with Crippen molar-refractivity contribution in [2.24, 2.45) is 0 Å². The van der Waals surface area contributed by atoms with E-state index in [0.717, 1.165) is 28.6 Å². The van der Waals surface area contributed by atoms with Crippen molar-refractivity contribution in [3.63, 3.8) is 0 Å². The summed E-state index contributed by atoms with van der Waals surface area (Å²) in [6.07, 6.45) is 4.39. The third kappa shape index (κ3) is 6.66. The van der Waals surface area contributed by atoms with Gasteiger partial charge in [0.15, 0.2) is 5.16 Å². The summed E-state index contributed by atoms with van der Waals surface area (Å²) in [5.41, 5.74) is 2.13. The predicted molar refractivity (Wildman–Crippen MR) is 115 cm³/mol. The SMILES string of the molecule is COc1ccc(-n2ccnc2SCC(=O)NCCCOCc2ccccc2)cc1. The van der Waals surface area contributed by atoms with Crippen LogP contribution in [0.5, 0.6) is 5.75 Å². The number of imidazole rings is 1. The standard InChI is InChI=1S/C22H25N3O3S/c1-27-20-10-8-19(9-11-20)25-14-13-24-22(25)29-17-21(26)23-12-5-15-28-16-18-6-3-2-4-7-18/h2-4,6-11,13-14H,5,12,15-17H2,1H3,(H,23,26). The van der Waals surface area contributed by atoms with Crippen LogP contribution in [0.3, 0.4) is 0 Å². The number of carbonyl (C=O) groups excluding carboxylic acids is 1. The zero-order chi connectivity index (χ0) is 20.3. The molecule has 2 aromatic carbocycles. The highest BCUT2D eigenvalue weighted by molar-refractivity contribution is 7.99. The number of methoxy groups -OCH3 is 1. The van der Waals surface area contributed by atoms with E-state index in [1.54, 1.807) is 13.3 Å². The molecule has 1 heterocycles. The van der Waals surface area contributed by atoms with E-state index in [1.165, 1.54) is 11.8 Å². The van der Waals surface area contributed by atoms with E-state index in [9.17, 15) is 4.79 Å². The lowest BCUT2D eigenvalue weighted by atomic mass is 10.2. The number of rotatable bonds is 11. The second-order valence-electron chi connectivity index (χ2n) is 6.31. The zero-order valence-corrected chi connectivity index (χ0v) is 17.2. The summed E-state index contributed by atoms with van der Waals surface area (Å²) in [6.45, 7) is 1.81. The molecule has 6 nitrogen and oxygen atoms in total. The van der Waals surface area contributed by atoms with Crippen LogP contribution in [0.1, 0.15) is 12.0 Å². The van der Waals surface area contributed by atoms with Crippen molar-refractivity contribution in [2.45, 2.75) is 18.2 Å². The third-order valence-electron chi connectivity index (χ3n) is 4.19. The van der Waals surface area contributed by atoms with E-state index in [2.05, 4.69) is 10.3 Å². The number of amides is 1. The number of thioether (sulfide) groups is 1. The summed E-state index contributed by atoms with van der Waals surface area (Å²) < 4.78 is 12.8. The molecule has 3 aromatic rings. The Labute approximate surface area is 175 Å². The van der Waals surface area contributed by atoms with Crippen LogP contribution in [0.15, 0.2) is 72.1 Å². The van der Waals surface area contributed by atoms with Gasteiger partial charge in [0.25, 0.3) is 0 Å². The summed E-state index contributed by atoms with van der Waals surface area (Å²) >= 11 is 1.41. The molecular weight excluding hydrogens is 386 g/mol. The van der Waals surface area contributed by atoms with Crippen LogP contribution in [0, 0.1) is 0 Å². The lowest BCUT2D eigenvalue weighted by molar-refractivity contribution is -0.118. The maximum atomic E-state index is 12.1. The van der Waals surface area contributed by atoms with Gasteiger partial charge in [-0.15, -0.1) is 0 Å². The molecule has 0 fully saturated rings. The first kappa shape index (κ1) is 21.0. The van der Waals surface area contributed by atoms with Crippen molar-refractivity contribution in [3.05, 3.63) is 72.6 Å². The van der Waals surface area contributed by atoms with Gasteiger partial charge in [0.2, 0.25) is 5.91 Å². The Morgan fingerprint density at radius 2 is 1.93 bits per heavy atom. The molecule has 0 unspecified atom stereocenters. The van der Waals surface area contributed by atoms with Gasteiger partial charge in [0.1, 0.15) is 5.75 Å². The Morgan fingerprint density at radius 1 is 1.14 bits per heavy atom. The Hall–Kier alpha value is -2.77. The van der Waals surface area contributed by atoms with Crippen LogP contribution in [-0.2, 0) is 16.1 Å². The molecule has 7 heteroatoms. The molecule has 1 N–H and O–H groups in total. The molecule has 0 saturated heterocycles. The van der Waals surface area contributed by atoms with Crippen molar-refractivity contribution >= 4 is 17.7 Å². The summed E-state index contributed by atoms with van der Waals surface area (Å²) in [5.74, 6) is 1.11. The summed E-state index contributed by atoms with van der Waals surface area (Å²) in [5, 5.41) is 3.70. The fourth-order valence-electron chi connectivity index (χ4n) is 2.68. The van der Waals surface area contributed by atoms with Crippen molar-refractivity contribution in [2.75, 3.05) is 26.0 Å². The Balaban J connectivity index is 1.35. The fourth-order valence-corrected chi connectivity index (χ4v) is 3.49. The maximum Gasteiger partial charge on any atom is 0.230 e. The molecule has 3 rings (SSSR count). The minimum atomic E-state index is -0.0117. The van der Waals surface area contributed by atoms with Crippen LogP contribution in [0.4, 0.5) is 0 Å². The Kier molecular flexibility index (Phi) is 8.15.